The molecule has 0 spiro atoms. The molecule has 0 aliphatic carbocycles. The fourth-order valence-electron chi connectivity index (χ4n) is 3.13. The van der Waals surface area contributed by atoms with Crippen molar-refractivity contribution in [3.8, 4) is 23.0 Å². The van der Waals surface area contributed by atoms with Crippen molar-refractivity contribution < 1.29 is 28.5 Å². The number of carbonyl (C=O) groups is 2. The van der Waals surface area contributed by atoms with Gasteiger partial charge in [0.15, 0.2) is 36.2 Å². The minimum Gasteiger partial charge on any atom is -0.493 e. The summed E-state index contributed by atoms with van der Waals surface area (Å²) in [6, 6.07) is 19.7. The normalized spacial score (nSPS) is 10.5. The lowest BCUT2D eigenvalue weighted by molar-refractivity contribution is -0.123. The summed E-state index contributed by atoms with van der Waals surface area (Å²) in [5.74, 6) is 1.16. The number of nitrogens with zero attached hydrogens (tertiary/aromatic N) is 1. The number of anilines is 1. The number of hydrazone groups is 1. The van der Waals surface area contributed by atoms with Gasteiger partial charge in [-0.05, 0) is 61.4 Å². The number of rotatable bonds is 12. The number of aryl methyl sites for hydroxylation is 1. The predicted molar refractivity (Wildman–Crippen MR) is 137 cm³/mol. The Morgan fingerprint density at radius 2 is 1.50 bits per heavy atom. The van der Waals surface area contributed by atoms with Gasteiger partial charge in [-0.2, -0.15) is 5.10 Å². The molecule has 0 saturated carbocycles. The second-order valence-corrected chi connectivity index (χ2v) is 7.52. The maximum Gasteiger partial charge on any atom is 0.277 e. The van der Waals surface area contributed by atoms with Crippen molar-refractivity contribution in [2.75, 3.05) is 32.2 Å². The zero-order chi connectivity index (χ0) is 25.8. The Bertz CT molecular complexity index is 1210. The summed E-state index contributed by atoms with van der Waals surface area (Å²) in [5.41, 5.74) is 4.78. The van der Waals surface area contributed by atoms with Crippen LogP contribution in [0.3, 0.4) is 0 Å². The van der Waals surface area contributed by atoms with Crippen molar-refractivity contribution in [2.24, 2.45) is 5.10 Å². The fraction of sp³-hybridized carbons (Fsp3) is 0.222. The molecule has 2 N–H and O–H groups in total. The number of amides is 2. The van der Waals surface area contributed by atoms with Gasteiger partial charge in [0.1, 0.15) is 0 Å². The molecule has 0 saturated heterocycles. The van der Waals surface area contributed by atoms with E-state index in [9.17, 15) is 9.59 Å². The first-order chi connectivity index (χ1) is 17.5. The second kappa shape index (κ2) is 13.4. The molecule has 0 heterocycles. The van der Waals surface area contributed by atoms with Crippen LogP contribution in [0.4, 0.5) is 5.69 Å². The van der Waals surface area contributed by atoms with Crippen LogP contribution in [-0.2, 0) is 9.59 Å². The molecule has 3 aromatic rings. The number of nitrogens with one attached hydrogen (secondary N) is 2. The van der Waals surface area contributed by atoms with E-state index in [1.54, 1.807) is 36.4 Å². The highest BCUT2D eigenvalue weighted by molar-refractivity contribution is 5.92. The fourth-order valence-corrected chi connectivity index (χ4v) is 3.13. The quantitative estimate of drug-likeness (QED) is 0.294. The Labute approximate surface area is 210 Å². The van der Waals surface area contributed by atoms with Crippen LogP contribution in [0, 0.1) is 6.92 Å². The van der Waals surface area contributed by atoms with Gasteiger partial charge in [0.25, 0.3) is 11.8 Å². The molecule has 9 nitrogen and oxygen atoms in total. The molecule has 0 aromatic heterocycles. The maximum atomic E-state index is 12.3. The lowest BCUT2D eigenvalue weighted by Gasteiger charge is -2.13. The molecule has 0 radical (unpaired) electrons. The van der Waals surface area contributed by atoms with Gasteiger partial charge in [-0.15, -0.1) is 0 Å². The Morgan fingerprint density at radius 3 is 2.22 bits per heavy atom. The third-order valence-corrected chi connectivity index (χ3v) is 4.88. The molecular weight excluding hydrogens is 462 g/mol. The Kier molecular flexibility index (Phi) is 9.69. The zero-order valence-corrected chi connectivity index (χ0v) is 20.4. The van der Waals surface area contributed by atoms with Gasteiger partial charge in [0, 0.05) is 5.69 Å². The van der Waals surface area contributed by atoms with E-state index < -0.39 is 5.91 Å². The number of carbonyl (C=O) groups excluding carboxylic acids is 2. The molecule has 9 heteroatoms. The summed E-state index contributed by atoms with van der Waals surface area (Å²) in [7, 11) is 1.53. The highest BCUT2D eigenvalue weighted by atomic mass is 16.5. The molecule has 2 amide bonds. The van der Waals surface area contributed by atoms with E-state index in [0.717, 1.165) is 11.3 Å². The molecule has 0 bridgehead atoms. The molecule has 188 valence electrons. The number of methoxy groups -OCH3 is 1. The van der Waals surface area contributed by atoms with Gasteiger partial charge in [0.2, 0.25) is 0 Å². The molecule has 0 aliphatic heterocycles. The smallest absolute Gasteiger partial charge is 0.277 e. The van der Waals surface area contributed by atoms with Crippen LogP contribution in [0.2, 0.25) is 0 Å². The van der Waals surface area contributed by atoms with E-state index in [0.29, 0.717) is 35.2 Å². The number of benzene rings is 3. The summed E-state index contributed by atoms with van der Waals surface area (Å²) < 4.78 is 22.0. The van der Waals surface area contributed by atoms with Gasteiger partial charge in [0.05, 0.1) is 19.9 Å². The van der Waals surface area contributed by atoms with Gasteiger partial charge in [-0.3, -0.25) is 9.59 Å². The first-order valence-electron chi connectivity index (χ1n) is 11.3. The average molecular weight is 492 g/mol. The topological polar surface area (TPSA) is 107 Å². The second-order valence-electron chi connectivity index (χ2n) is 7.52. The molecule has 3 rings (SSSR count). The van der Waals surface area contributed by atoms with Crippen molar-refractivity contribution >= 4 is 23.7 Å². The molecule has 3 aromatic carbocycles. The van der Waals surface area contributed by atoms with Crippen molar-refractivity contribution in [3.05, 3.63) is 77.9 Å². The molecule has 0 fully saturated rings. The summed E-state index contributed by atoms with van der Waals surface area (Å²) in [5, 5.41) is 6.79. The number of hydrogen-bond acceptors (Lipinski definition) is 7. The molecule has 0 atom stereocenters. The molecule has 36 heavy (non-hydrogen) atoms. The van der Waals surface area contributed by atoms with E-state index in [1.165, 1.54) is 13.3 Å². The van der Waals surface area contributed by atoms with Crippen molar-refractivity contribution in [3.63, 3.8) is 0 Å². The van der Waals surface area contributed by atoms with Crippen molar-refractivity contribution in [1.82, 2.24) is 5.43 Å². The Hall–Kier alpha value is -4.53. The van der Waals surface area contributed by atoms with Crippen molar-refractivity contribution in [2.45, 2.75) is 13.8 Å². The van der Waals surface area contributed by atoms with Crippen molar-refractivity contribution in [1.29, 1.82) is 0 Å². The Morgan fingerprint density at radius 1 is 0.833 bits per heavy atom. The Balaban J connectivity index is 1.53. The summed E-state index contributed by atoms with van der Waals surface area (Å²) in [6.07, 6.45) is 1.47. The molecule has 0 aliphatic rings. The van der Waals surface area contributed by atoms with Crippen LogP contribution >= 0.6 is 0 Å². The van der Waals surface area contributed by atoms with Gasteiger partial charge >= 0.3 is 0 Å². The standard InChI is InChI=1S/C27H29N3O6/c1-4-34-25-15-20(16-28-30-27(32)18-36-23-12-8-7-11-22(23)33-3)13-14-24(25)35-17-26(31)29-21-10-6-5-9-19(21)2/h5-16H,4,17-18H2,1-3H3,(H,29,31)(H,30,32)/b28-16+. The first-order valence-corrected chi connectivity index (χ1v) is 11.3. The van der Waals surface area contributed by atoms with E-state index in [-0.39, 0.29) is 19.1 Å². The lowest BCUT2D eigenvalue weighted by Crippen LogP contribution is -2.24. The van der Waals surface area contributed by atoms with E-state index >= 15 is 0 Å². The molecule has 0 unspecified atom stereocenters. The van der Waals surface area contributed by atoms with Crippen LogP contribution in [0.1, 0.15) is 18.1 Å². The maximum absolute atomic E-state index is 12.3. The van der Waals surface area contributed by atoms with Gasteiger partial charge in [-0.25, -0.2) is 5.43 Å². The third kappa shape index (κ3) is 7.76. The van der Waals surface area contributed by atoms with E-state index in [4.69, 9.17) is 18.9 Å². The monoisotopic (exact) mass is 491 g/mol. The lowest BCUT2D eigenvalue weighted by atomic mass is 10.2. The summed E-state index contributed by atoms with van der Waals surface area (Å²) in [4.78, 5) is 24.4. The largest absolute Gasteiger partial charge is 0.493 e. The third-order valence-electron chi connectivity index (χ3n) is 4.88. The van der Waals surface area contributed by atoms with Crippen LogP contribution in [0.25, 0.3) is 0 Å². The highest BCUT2D eigenvalue weighted by Crippen LogP contribution is 2.28. The van der Waals surface area contributed by atoms with E-state index in [2.05, 4.69) is 15.8 Å². The summed E-state index contributed by atoms with van der Waals surface area (Å²) in [6.45, 7) is 3.77. The van der Waals surface area contributed by atoms with Crippen LogP contribution in [0.15, 0.2) is 71.8 Å². The van der Waals surface area contributed by atoms with Crippen LogP contribution in [-0.4, -0.2) is 45.0 Å². The highest BCUT2D eigenvalue weighted by Gasteiger charge is 2.10. The molecular formula is C27H29N3O6. The van der Waals surface area contributed by atoms with Crippen LogP contribution < -0.4 is 29.7 Å². The first kappa shape index (κ1) is 26.1. The van der Waals surface area contributed by atoms with E-state index in [1.807, 2.05) is 44.2 Å². The average Bonchev–Trinajstić information content (AvgIpc) is 2.88. The minimum absolute atomic E-state index is 0.176. The summed E-state index contributed by atoms with van der Waals surface area (Å²) >= 11 is 0. The number of para-hydroxylation sites is 3. The SMILES string of the molecule is CCOc1cc(/C=N/NC(=O)COc2ccccc2OC)ccc1OCC(=O)Nc1ccccc1C. The minimum atomic E-state index is -0.429. The number of ether oxygens (including phenoxy) is 4. The zero-order valence-electron chi connectivity index (χ0n) is 20.4. The van der Waals surface area contributed by atoms with Gasteiger partial charge < -0.3 is 24.3 Å². The predicted octanol–water partition coefficient (Wildman–Crippen LogP) is 3.95. The van der Waals surface area contributed by atoms with Gasteiger partial charge in [-0.1, -0.05) is 30.3 Å². The number of hydrogen-bond donors (Lipinski definition) is 2. The van der Waals surface area contributed by atoms with Crippen LogP contribution in [0.5, 0.6) is 23.0 Å².